The van der Waals surface area contributed by atoms with Crippen LogP contribution in [0.4, 0.5) is 0 Å². The van der Waals surface area contributed by atoms with E-state index in [1.165, 1.54) is 21.3 Å². The van der Waals surface area contributed by atoms with Crippen LogP contribution in [0, 0.1) is 0 Å². The molecule has 0 aliphatic carbocycles. The van der Waals surface area contributed by atoms with Crippen LogP contribution >= 0.6 is 11.3 Å². The molecule has 0 radical (unpaired) electrons. The second kappa shape index (κ2) is 6.49. The normalized spacial score (nSPS) is 11.9. The van der Waals surface area contributed by atoms with Gasteiger partial charge in [-0.15, -0.1) is 11.3 Å². The van der Waals surface area contributed by atoms with E-state index in [1.54, 1.807) is 30.5 Å². The molecule has 4 nitrogen and oxygen atoms in total. The molecule has 0 atom stereocenters. The lowest BCUT2D eigenvalue weighted by Crippen LogP contribution is -2.28. The van der Waals surface area contributed by atoms with E-state index in [0.717, 1.165) is 0 Å². The fourth-order valence-corrected chi connectivity index (χ4v) is 3.66. The number of hydrogen-bond donors (Lipinski definition) is 1. The fraction of sp³-hybridized carbons (Fsp3) is 0.286. The highest BCUT2D eigenvalue weighted by atomic mass is 32.2. The molecule has 20 heavy (non-hydrogen) atoms. The summed E-state index contributed by atoms with van der Waals surface area (Å²) in [6, 6.07) is 10.3. The van der Waals surface area contributed by atoms with Gasteiger partial charge in [-0.05, 0) is 35.6 Å². The summed E-state index contributed by atoms with van der Waals surface area (Å²) in [6.45, 7) is 0.360. The number of hydrogen-bond acceptors (Lipinski definition) is 4. The van der Waals surface area contributed by atoms with Crippen molar-refractivity contribution in [3.63, 3.8) is 0 Å². The number of likely N-dealkylation sites (N-methyl/N-ethyl adjacent to an activating group) is 1. The van der Waals surface area contributed by atoms with Crippen molar-refractivity contribution in [3.8, 4) is 0 Å². The van der Waals surface area contributed by atoms with Crippen LogP contribution in [0.2, 0.25) is 0 Å². The zero-order valence-electron chi connectivity index (χ0n) is 11.2. The van der Waals surface area contributed by atoms with Gasteiger partial charge in [0.1, 0.15) is 0 Å². The topological polar surface area (TPSA) is 57.6 Å². The molecule has 1 aromatic heterocycles. The third-order valence-corrected chi connectivity index (χ3v) is 5.87. The largest absolute Gasteiger partial charge is 0.392 e. The first kappa shape index (κ1) is 15.2. The molecule has 0 saturated carbocycles. The van der Waals surface area contributed by atoms with E-state index >= 15 is 0 Å². The Balaban J connectivity index is 2.07. The predicted molar refractivity (Wildman–Crippen MR) is 80.2 cm³/mol. The fourth-order valence-electron chi connectivity index (χ4n) is 1.79. The molecular formula is C14H17NO3S2. The van der Waals surface area contributed by atoms with Gasteiger partial charge in [0, 0.05) is 18.5 Å². The smallest absolute Gasteiger partial charge is 0.242 e. The maximum absolute atomic E-state index is 12.4. The monoisotopic (exact) mass is 311 g/mol. The Kier molecular flexibility index (Phi) is 4.93. The molecule has 0 aliphatic rings. The molecule has 1 N–H and O–H groups in total. The van der Waals surface area contributed by atoms with Crippen molar-refractivity contribution in [3.05, 3.63) is 52.2 Å². The van der Waals surface area contributed by atoms with Crippen LogP contribution < -0.4 is 0 Å². The standard InChI is InChI=1S/C14H17NO3S2/c1-15(9-8-13-3-2-10-19-13)20(17,18)14-6-4-12(11-16)5-7-14/h2-7,10,16H,8-9,11H2,1H3. The van der Waals surface area contributed by atoms with Crippen LogP contribution in [-0.2, 0) is 23.1 Å². The maximum atomic E-state index is 12.4. The Morgan fingerprint density at radius 1 is 1.20 bits per heavy atom. The zero-order chi connectivity index (χ0) is 14.6. The average molecular weight is 311 g/mol. The number of thiophene rings is 1. The number of aliphatic hydroxyl groups excluding tert-OH is 1. The van der Waals surface area contributed by atoms with E-state index in [1.807, 2.05) is 17.5 Å². The molecule has 2 aromatic rings. The summed E-state index contributed by atoms with van der Waals surface area (Å²) in [5, 5.41) is 11.0. The zero-order valence-corrected chi connectivity index (χ0v) is 12.8. The molecule has 2 rings (SSSR count). The van der Waals surface area contributed by atoms with Crippen LogP contribution in [0.1, 0.15) is 10.4 Å². The molecule has 0 amide bonds. The highest BCUT2D eigenvalue weighted by Gasteiger charge is 2.20. The van der Waals surface area contributed by atoms with Gasteiger partial charge in [-0.1, -0.05) is 18.2 Å². The maximum Gasteiger partial charge on any atom is 0.242 e. The Hall–Kier alpha value is -1.21. The van der Waals surface area contributed by atoms with E-state index in [0.29, 0.717) is 18.5 Å². The van der Waals surface area contributed by atoms with Gasteiger partial charge in [-0.2, -0.15) is 0 Å². The molecule has 0 aliphatic heterocycles. The molecule has 1 heterocycles. The summed E-state index contributed by atoms with van der Waals surface area (Å²) in [5.74, 6) is 0. The van der Waals surface area contributed by atoms with E-state index < -0.39 is 10.0 Å². The first-order valence-electron chi connectivity index (χ1n) is 6.22. The average Bonchev–Trinajstić information content (AvgIpc) is 2.98. The van der Waals surface area contributed by atoms with E-state index in [2.05, 4.69) is 0 Å². The van der Waals surface area contributed by atoms with E-state index in [4.69, 9.17) is 5.11 Å². The number of rotatable bonds is 6. The SMILES string of the molecule is CN(CCc1cccs1)S(=O)(=O)c1ccc(CO)cc1. The Bertz CT molecular complexity index is 634. The van der Waals surface area contributed by atoms with Crippen LogP contribution in [0.5, 0.6) is 0 Å². The van der Waals surface area contributed by atoms with Gasteiger partial charge >= 0.3 is 0 Å². The van der Waals surface area contributed by atoms with Crippen LogP contribution in [0.25, 0.3) is 0 Å². The molecule has 0 spiro atoms. The van der Waals surface area contributed by atoms with Gasteiger partial charge in [0.25, 0.3) is 0 Å². The van der Waals surface area contributed by atoms with Gasteiger partial charge in [-0.25, -0.2) is 12.7 Å². The number of aliphatic hydroxyl groups is 1. The lowest BCUT2D eigenvalue weighted by Gasteiger charge is -2.17. The van der Waals surface area contributed by atoms with Crippen LogP contribution in [-0.4, -0.2) is 31.4 Å². The third kappa shape index (κ3) is 3.46. The number of sulfonamides is 1. The number of nitrogens with zero attached hydrogens (tertiary/aromatic N) is 1. The highest BCUT2D eigenvalue weighted by molar-refractivity contribution is 7.89. The molecule has 0 unspecified atom stereocenters. The van der Waals surface area contributed by atoms with Gasteiger partial charge in [0.2, 0.25) is 10.0 Å². The van der Waals surface area contributed by atoms with Crippen molar-refractivity contribution in [2.24, 2.45) is 0 Å². The highest BCUT2D eigenvalue weighted by Crippen LogP contribution is 2.17. The third-order valence-electron chi connectivity index (χ3n) is 3.07. The van der Waals surface area contributed by atoms with Crippen molar-refractivity contribution in [2.45, 2.75) is 17.9 Å². The Morgan fingerprint density at radius 3 is 2.45 bits per heavy atom. The summed E-state index contributed by atoms with van der Waals surface area (Å²) < 4.78 is 26.1. The van der Waals surface area contributed by atoms with Crippen molar-refractivity contribution in [1.29, 1.82) is 0 Å². The van der Waals surface area contributed by atoms with Gasteiger partial charge in [0.05, 0.1) is 11.5 Å². The Morgan fingerprint density at radius 2 is 1.90 bits per heavy atom. The predicted octanol–water partition coefficient (Wildman–Crippen LogP) is 2.10. The lowest BCUT2D eigenvalue weighted by molar-refractivity contribution is 0.281. The second-order valence-corrected chi connectivity index (χ2v) is 7.54. The van der Waals surface area contributed by atoms with Crippen LogP contribution in [0.3, 0.4) is 0 Å². The summed E-state index contributed by atoms with van der Waals surface area (Å²) in [7, 11) is -1.87. The van der Waals surface area contributed by atoms with Crippen molar-refractivity contribution in [1.82, 2.24) is 4.31 Å². The molecule has 0 fully saturated rings. The van der Waals surface area contributed by atoms with Crippen molar-refractivity contribution < 1.29 is 13.5 Å². The number of benzene rings is 1. The molecule has 6 heteroatoms. The van der Waals surface area contributed by atoms with E-state index in [9.17, 15) is 8.42 Å². The Labute approximate surface area is 123 Å². The van der Waals surface area contributed by atoms with Crippen molar-refractivity contribution in [2.75, 3.05) is 13.6 Å². The lowest BCUT2D eigenvalue weighted by atomic mass is 10.2. The summed E-state index contributed by atoms with van der Waals surface area (Å²) in [5.41, 5.74) is 0.699. The minimum absolute atomic E-state index is 0.0887. The van der Waals surface area contributed by atoms with Gasteiger partial charge in [0.15, 0.2) is 0 Å². The minimum Gasteiger partial charge on any atom is -0.392 e. The first-order valence-corrected chi connectivity index (χ1v) is 8.54. The molecule has 108 valence electrons. The van der Waals surface area contributed by atoms with E-state index in [-0.39, 0.29) is 11.5 Å². The van der Waals surface area contributed by atoms with Gasteiger partial charge < -0.3 is 5.11 Å². The minimum atomic E-state index is -3.46. The first-order chi connectivity index (χ1) is 9.54. The summed E-state index contributed by atoms with van der Waals surface area (Å²) in [6.07, 6.45) is 0.710. The quantitative estimate of drug-likeness (QED) is 0.889. The second-order valence-electron chi connectivity index (χ2n) is 4.46. The molecular weight excluding hydrogens is 294 g/mol. The summed E-state index contributed by atoms with van der Waals surface area (Å²) >= 11 is 1.63. The van der Waals surface area contributed by atoms with Crippen molar-refractivity contribution >= 4 is 21.4 Å². The van der Waals surface area contributed by atoms with Crippen LogP contribution in [0.15, 0.2) is 46.7 Å². The summed E-state index contributed by atoms with van der Waals surface area (Å²) in [4.78, 5) is 1.42. The molecule has 0 bridgehead atoms. The molecule has 1 aromatic carbocycles. The van der Waals surface area contributed by atoms with Gasteiger partial charge in [-0.3, -0.25) is 0 Å². The molecule has 0 saturated heterocycles.